The average molecular weight is 369 g/mol. The smallest absolute Gasteiger partial charge is 0.243 e. The fourth-order valence-corrected chi connectivity index (χ4v) is 3.70. The zero-order chi connectivity index (χ0) is 18.6. The van der Waals surface area contributed by atoms with E-state index in [1.54, 1.807) is 17.0 Å². The number of sulfonamides is 1. The van der Waals surface area contributed by atoms with Gasteiger partial charge in [0.15, 0.2) is 0 Å². The lowest BCUT2D eigenvalue weighted by molar-refractivity contribution is -0.131. The van der Waals surface area contributed by atoms with Gasteiger partial charge in [-0.05, 0) is 30.8 Å². The predicted octanol–water partition coefficient (Wildman–Crippen LogP) is 0.683. The zero-order valence-electron chi connectivity index (χ0n) is 15.5. The Morgan fingerprint density at radius 2 is 1.56 bits per heavy atom. The number of rotatable bonds is 6. The van der Waals surface area contributed by atoms with Crippen LogP contribution >= 0.6 is 0 Å². The Morgan fingerprint density at radius 1 is 1.04 bits per heavy atom. The molecule has 8 heteroatoms. The molecule has 0 unspecified atom stereocenters. The van der Waals surface area contributed by atoms with Crippen LogP contribution in [0.1, 0.15) is 6.92 Å². The number of nitrogens with zero attached hydrogens (tertiary/aromatic N) is 4. The third-order valence-corrected chi connectivity index (χ3v) is 5.65. The second-order valence-corrected chi connectivity index (χ2v) is 8.40. The van der Waals surface area contributed by atoms with Crippen LogP contribution in [0.5, 0.6) is 0 Å². The van der Waals surface area contributed by atoms with Gasteiger partial charge in [0.05, 0.1) is 11.9 Å². The molecule has 0 radical (unpaired) electrons. The lowest BCUT2D eigenvalue weighted by atomic mass is 10.2. The number of carbonyl (C=O) groups is 1. The van der Waals surface area contributed by atoms with Crippen molar-refractivity contribution in [3.63, 3.8) is 0 Å². The molecule has 1 aromatic carbocycles. The largest absolute Gasteiger partial charge is 0.378 e. The number of anilines is 2. The van der Waals surface area contributed by atoms with E-state index in [1.807, 2.05) is 31.1 Å². The van der Waals surface area contributed by atoms with Crippen LogP contribution in [-0.2, 0) is 14.8 Å². The quantitative estimate of drug-likeness (QED) is 0.739. The summed E-state index contributed by atoms with van der Waals surface area (Å²) < 4.78 is 25.6. The minimum atomic E-state index is -3.54. The van der Waals surface area contributed by atoms with Gasteiger partial charge in [0.1, 0.15) is 6.54 Å². The first-order chi connectivity index (χ1) is 11.7. The number of hydrogen-bond donors (Lipinski definition) is 0. The molecule has 0 spiro atoms. The highest BCUT2D eigenvalue weighted by Gasteiger charge is 2.26. The van der Waals surface area contributed by atoms with Crippen LogP contribution in [0.15, 0.2) is 24.3 Å². The van der Waals surface area contributed by atoms with E-state index in [0.717, 1.165) is 31.6 Å². The summed E-state index contributed by atoms with van der Waals surface area (Å²) in [6.45, 7) is 5.85. The van der Waals surface area contributed by atoms with Crippen molar-refractivity contribution in [3.8, 4) is 0 Å². The summed E-state index contributed by atoms with van der Waals surface area (Å²) in [5.41, 5.74) is 1.48. The van der Waals surface area contributed by atoms with Crippen molar-refractivity contribution in [1.82, 2.24) is 9.80 Å². The van der Waals surface area contributed by atoms with Gasteiger partial charge in [-0.25, -0.2) is 8.42 Å². The normalized spacial score (nSPS) is 15.9. The van der Waals surface area contributed by atoms with E-state index in [1.165, 1.54) is 4.31 Å². The first-order valence-electron chi connectivity index (χ1n) is 8.47. The van der Waals surface area contributed by atoms with Crippen LogP contribution in [-0.4, -0.2) is 83.7 Å². The minimum Gasteiger partial charge on any atom is -0.378 e. The summed E-state index contributed by atoms with van der Waals surface area (Å²) in [6.07, 6.45) is 1.13. The summed E-state index contributed by atoms with van der Waals surface area (Å²) in [6, 6.07) is 7.16. The predicted molar refractivity (Wildman–Crippen MR) is 102 cm³/mol. The molecule has 0 N–H and O–H groups in total. The standard InChI is InChI=1S/C17H28N4O3S/c1-5-19-10-12-20(13-11-19)17(22)14-21(25(4,23)24)16-8-6-15(7-9-16)18(2)3/h6-9H,5,10-14H2,1-4H3. The summed E-state index contributed by atoms with van der Waals surface area (Å²) in [7, 11) is 0.300. The highest BCUT2D eigenvalue weighted by atomic mass is 32.2. The van der Waals surface area contributed by atoms with E-state index in [9.17, 15) is 13.2 Å². The minimum absolute atomic E-state index is 0.155. The van der Waals surface area contributed by atoms with Crippen molar-refractivity contribution < 1.29 is 13.2 Å². The summed E-state index contributed by atoms with van der Waals surface area (Å²) >= 11 is 0. The van der Waals surface area contributed by atoms with Crippen LogP contribution in [0.3, 0.4) is 0 Å². The van der Waals surface area contributed by atoms with E-state index in [-0.39, 0.29) is 12.5 Å². The van der Waals surface area contributed by atoms with Crippen molar-refractivity contribution in [1.29, 1.82) is 0 Å². The first kappa shape index (κ1) is 19.5. The topological polar surface area (TPSA) is 64.2 Å². The van der Waals surface area contributed by atoms with Gasteiger partial charge >= 0.3 is 0 Å². The summed E-state index contributed by atoms with van der Waals surface area (Å²) in [5.74, 6) is -0.155. The lowest BCUT2D eigenvalue weighted by Crippen LogP contribution is -2.51. The fraction of sp³-hybridized carbons (Fsp3) is 0.588. The van der Waals surface area contributed by atoms with E-state index in [0.29, 0.717) is 18.8 Å². The molecule has 7 nitrogen and oxygen atoms in total. The van der Waals surface area contributed by atoms with E-state index >= 15 is 0 Å². The van der Waals surface area contributed by atoms with Crippen LogP contribution in [0, 0.1) is 0 Å². The second kappa shape index (κ2) is 8.05. The highest BCUT2D eigenvalue weighted by molar-refractivity contribution is 7.92. The van der Waals surface area contributed by atoms with Gasteiger partial charge in [-0.2, -0.15) is 0 Å². The average Bonchev–Trinajstić information content (AvgIpc) is 2.58. The second-order valence-electron chi connectivity index (χ2n) is 6.50. The SMILES string of the molecule is CCN1CCN(C(=O)CN(c2ccc(N(C)C)cc2)S(C)(=O)=O)CC1. The first-order valence-corrected chi connectivity index (χ1v) is 10.3. The highest BCUT2D eigenvalue weighted by Crippen LogP contribution is 2.22. The molecule has 1 aromatic rings. The molecule has 2 rings (SSSR count). The van der Waals surface area contributed by atoms with Gasteiger partial charge in [-0.1, -0.05) is 6.92 Å². The van der Waals surface area contributed by atoms with Crippen LogP contribution < -0.4 is 9.21 Å². The molecule has 0 aliphatic carbocycles. The van der Waals surface area contributed by atoms with Gasteiger partial charge in [0, 0.05) is 46.0 Å². The van der Waals surface area contributed by atoms with Gasteiger partial charge in [0.25, 0.3) is 0 Å². The molecule has 25 heavy (non-hydrogen) atoms. The molecule has 1 fully saturated rings. The van der Waals surface area contributed by atoms with Crippen LogP contribution in [0.2, 0.25) is 0 Å². The van der Waals surface area contributed by atoms with E-state index in [2.05, 4.69) is 11.8 Å². The molecule has 1 heterocycles. The number of hydrogen-bond acceptors (Lipinski definition) is 5. The molecular formula is C17H28N4O3S. The molecule has 1 saturated heterocycles. The molecule has 0 atom stereocenters. The molecule has 140 valence electrons. The number of piperazine rings is 1. The maximum absolute atomic E-state index is 12.6. The Bertz CT molecular complexity index is 680. The van der Waals surface area contributed by atoms with Gasteiger partial charge in [-0.15, -0.1) is 0 Å². The number of amides is 1. The van der Waals surface area contributed by atoms with Crippen LogP contribution in [0.25, 0.3) is 0 Å². The monoisotopic (exact) mass is 368 g/mol. The molecule has 0 saturated carbocycles. The maximum Gasteiger partial charge on any atom is 0.243 e. The van der Waals surface area contributed by atoms with Crippen molar-refractivity contribution in [2.24, 2.45) is 0 Å². The van der Waals surface area contributed by atoms with Gasteiger partial charge < -0.3 is 14.7 Å². The van der Waals surface area contributed by atoms with Crippen molar-refractivity contribution in [2.75, 3.05) is 68.8 Å². The molecule has 0 aromatic heterocycles. The lowest BCUT2D eigenvalue weighted by Gasteiger charge is -2.35. The number of benzene rings is 1. The van der Waals surface area contributed by atoms with Gasteiger partial charge in [-0.3, -0.25) is 9.10 Å². The van der Waals surface area contributed by atoms with Crippen LogP contribution in [0.4, 0.5) is 11.4 Å². The molecule has 1 aliphatic rings. The Morgan fingerprint density at radius 3 is 2.00 bits per heavy atom. The molecule has 1 aliphatic heterocycles. The number of likely N-dealkylation sites (N-methyl/N-ethyl adjacent to an activating group) is 1. The third kappa shape index (κ3) is 5.09. The van der Waals surface area contributed by atoms with Gasteiger partial charge in [0.2, 0.25) is 15.9 Å². The van der Waals surface area contributed by atoms with Crippen molar-refractivity contribution in [2.45, 2.75) is 6.92 Å². The Balaban J connectivity index is 2.12. The maximum atomic E-state index is 12.6. The zero-order valence-corrected chi connectivity index (χ0v) is 16.3. The molecule has 0 bridgehead atoms. The summed E-state index contributed by atoms with van der Waals surface area (Å²) in [5, 5.41) is 0. The fourth-order valence-electron chi connectivity index (χ4n) is 2.85. The Kier molecular flexibility index (Phi) is 6.29. The Labute approximate surface area is 150 Å². The molecular weight excluding hydrogens is 340 g/mol. The van der Waals surface area contributed by atoms with Crippen molar-refractivity contribution >= 4 is 27.3 Å². The number of carbonyl (C=O) groups excluding carboxylic acids is 1. The Hall–Kier alpha value is -1.80. The van der Waals surface area contributed by atoms with E-state index in [4.69, 9.17) is 0 Å². The van der Waals surface area contributed by atoms with Crippen molar-refractivity contribution in [3.05, 3.63) is 24.3 Å². The van der Waals surface area contributed by atoms with E-state index < -0.39 is 10.0 Å². The third-order valence-electron chi connectivity index (χ3n) is 4.51. The molecule has 1 amide bonds. The summed E-state index contributed by atoms with van der Waals surface area (Å²) in [4.78, 5) is 18.6.